The van der Waals surface area contributed by atoms with Gasteiger partial charge < -0.3 is 10.6 Å². The van der Waals surface area contributed by atoms with Gasteiger partial charge >= 0.3 is 0 Å². The first-order valence-corrected chi connectivity index (χ1v) is 7.70. The third-order valence-corrected chi connectivity index (χ3v) is 4.49. The van der Waals surface area contributed by atoms with Crippen LogP contribution >= 0.6 is 0 Å². The second-order valence-electron chi connectivity index (χ2n) is 4.90. The van der Waals surface area contributed by atoms with Crippen molar-refractivity contribution < 1.29 is 13.2 Å². The summed E-state index contributed by atoms with van der Waals surface area (Å²) in [5.41, 5.74) is 0. The molecule has 0 spiro atoms. The van der Waals surface area contributed by atoms with Crippen molar-refractivity contribution >= 4 is 15.9 Å². The Morgan fingerprint density at radius 3 is 2.88 bits per heavy atom. The highest BCUT2D eigenvalue weighted by Gasteiger charge is 2.42. The van der Waals surface area contributed by atoms with Crippen LogP contribution in [0.15, 0.2) is 0 Å². The van der Waals surface area contributed by atoms with Crippen LogP contribution in [0.5, 0.6) is 0 Å². The van der Waals surface area contributed by atoms with Crippen molar-refractivity contribution in [1.82, 2.24) is 10.6 Å². The van der Waals surface area contributed by atoms with Crippen LogP contribution in [0.3, 0.4) is 0 Å². The van der Waals surface area contributed by atoms with Gasteiger partial charge in [0.25, 0.3) is 0 Å². The summed E-state index contributed by atoms with van der Waals surface area (Å²) in [5.74, 6) is 0.732. The summed E-state index contributed by atoms with van der Waals surface area (Å²) in [5, 5.41) is 10.7. The molecule has 0 radical (unpaired) electrons. The topological polar surface area (TPSA) is 101 Å². The largest absolute Gasteiger partial charge is 0.354 e. The lowest BCUT2D eigenvalue weighted by Gasteiger charge is -2.17. The highest BCUT2D eigenvalue weighted by molar-refractivity contribution is 7.89. The van der Waals surface area contributed by atoms with E-state index in [4.69, 9.17) is 5.14 Å². The maximum atomic E-state index is 11.9. The Morgan fingerprint density at radius 1 is 1.41 bits per heavy atom. The predicted octanol–water partition coefficient (Wildman–Crippen LogP) is -1.22. The Bertz CT molecular complexity index is 396. The number of hydrogen-bond acceptors (Lipinski definition) is 4. The molecule has 2 rings (SSSR count). The lowest BCUT2D eigenvalue weighted by atomic mass is 9.94. The average Bonchev–Trinajstić information content (AvgIpc) is 2.74. The van der Waals surface area contributed by atoms with Crippen LogP contribution in [-0.4, -0.2) is 39.2 Å². The van der Waals surface area contributed by atoms with Crippen LogP contribution in [0.25, 0.3) is 0 Å². The third-order valence-electron chi connectivity index (χ3n) is 3.71. The molecule has 1 amide bonds. The highest BCUT2D eigenvalue weighted by atomic mass is 32.2. The maximum Gasteiger partial charge on any atom is 0.237 e. The Kier molecular flexibility index (Phi) is 3.70. The van der Waals surface area contributed by atoms with Gasteiger partial charge in [-0.2, -0.15) is 0 Å². The molecule has 1 saturated heterocycles. The predicted molar refractivity (Wildman–Crippen MR) is 63.6 cm³/mol. The van der Waals surface area contributed by atoms with Crippen molar-refractivity contribution in [3.63, 3.8) is 0 Å². The first kappa shape index (κ1) is 12.8. The lowest BCUT2D eigenvalue weighted by Crippen LogP contribution is -2.45. The molecule has 0 aromatic heterocycles. The standard InChI is InChI=1S/C10H19N3O3S/c11-17(15,16)5-4-12-10(14)9-8-3-1-2-7(8)6-13-9/h7-9,13H,1-6H2,(H,12,14)(H2,11,15,16). The molecule has 17 heavy (non-hydrogen) atoms. The second-order valence-corrected chi connectivity index (χ2v) is 6.63. The van der Waals surface area contributed by atoms with E-state index in [2.05, 4.69) is 10.6 Å². The molecule has 7 heteroatoms. The zero-order chi connectivity index (χ0) is 12.5. The van der Waals surface area contributed by atoms with Crippen LogP contribution < -0.4 is 15.8 Å². The summed E-state index contributed by atoms with van der Waals surface area (Å²) < 4.78 is 21.5. The Labute approximate surface area is 101 Å². The number of amides is 1. The van der Waals surface area contributed by atoms with Gasteiger partial charge in [0.2, 0.25) is 15.9 Å². The molecule has 1 aliphatic heterocycles. The van der Waals surface area contributed by atoms with Gasteiger partial charge in [0, 0.05) is 6.54 Å². The van der Waals surface area contributed by atoms with E-state index in [1.807, 2.05) is 0 Å². The first-order chi connectivity index (χ1) is 7.97. The van der Waals surface area contributed by atoms with Gasteiger partial charge in [0.15, 0.2) is 0 Å². The van der Waals surface area contributed by atoms with Crippen molar-refractivity contribution in [3.8, 4) is 0 Å². The molecule has 4 N–H and O–H groups in total. The van der Waals surface area contributed by atoms with Gasteiger partial charge in [0.05, 0.1) is 11.8 Å². The number of hydrogen-bond donors (Lipinski definition) is 3. The molecule has 2 aliphatic rings. The van der Waals surface area contributed by atoms with Gasteiger partial charge in [-0.25, -0.2) is 13.6 Å². The molecule has 0 bridgehead atoms. The second kappa shape index (κ2) is 4.91. The summed E-state index contributed by atoms with van der Waals surface area (Å²) in [7, 11) is -3.50. The normalized spacial score (nSPS) is 32.4. The van der Waals surface area contributed by atoms with Crippen LogP contribution in [0.2, 0.25) is 0 Å². The Balaban J connectivity index is 1.80. The number of sulfonamides is 1. The average molecular weight is 261 g/mol. The van der Waals surface area contributed by atoms with Gasteiger partial charge in [-0.05, 0) is 31.2 Å². The number of primary sulfonamides is 1. The molecule has 1 saturated carbocycles. The first-order valence-electron chi connectivity index (χ1n) is 5.99. The van der Waals surface area contributed by atoms with Gasteiger partial charge in [-0.3, -0.25) is 4.79 Å². The Morgan fingerprint density at radius 2 is 2.18 bits per heavy atom. The zero-order valence-corrected chi connectivity index (χ0v) is 10.5. The molecular weight excluding hydrogens is 242 g/mol. The van der Waals surface area contributed by atoms with E-state index in [1.165, 1.54) is 12.8 Å². The van der Waals surface area contributed by atoms with Crippen molar-refractivity contribution in [2.75, 3.05) is 18.8 Å². The fraction of sp³-hybridized carbons (Fsp3) is 0.900. The van der Waals surface area contributed by atoms with E-state index in [9.17, 15) is 13.2 Å². The van der Waals surface area contributed by atoms with Crippen LogP contribution in [-0.2, 0) is 14.8 Å². The minimum absolute atomic E-state index is 0.0905. The maximum absolute atomic E-state index is 11.9. The molecule has 1 heterocycles. The monoisotopic (exact) mass is 261 g/mol. The van der Waals surface area contributed by atoms with Gasteiger partial charge in [0.1, 0.15) is 0 Å². The van der Waals surface area contributed by atoms with E-state index in [0.717, 1.165) is 13.0 Å². The SMILES string of the molecule is NS(=O)(=O)CCNC(=O)C1NCC2CCCC21. The van der Waals surface area contributed by atoms with Gasteiger partial charge in [-0.15, -0.1) is 0 Å². The number of fused-ring (bicyclic) bond motifs is 1. The summed E-state index contributed by atoms with van der Waals surface area (Å²) in [6.45, 7) is 0.991. The smallest absolute Gasteiger partial charge is 0.237 e. The third kappa shape index (κ3) is 3.17. The van der Waals surface area contributed by atoms with E-state index in [1.54, 1.807) is 0 Å². The van der Waals surface area contributed by atoms with Crippen molar-refractivity contribution in [2.45, 2.75) is 25.3 Å². The number of carbonyl (C=O) groups is 1. The summed E-state index contributed by atoms with van der Waals surface area (Å²) in [6, 6.07) is -0.150. The molecule has 3 atom stereocenters. The zero-order valence-electron chi connectivity index (χ0n) is 9.69. The highest BCUT2D eigenvalue weighted by Crippen LogP contribution is 2.37. The molecule has 2 fully saturated rings. The summed E-state index contributed by atoms with van der Waals surface area (Å²) in [6.07, 6.45) is 3.47. The lowest BCUT2D eigenvalue weighted by molar-refractivity contribution is -0.123. The van der Waals surface area contributed by atoms with E-state index in [-0.39, 0.29) is 24.2 Å². The number of nitrogens with two attached hydrogens (primary N) is 1. The van der Waals surface area contributed by atoms with Crippen molar-refractivity contribution in [3.05, 3.63) is 0 Å². The Hall–Kier alpha value is -0.660. The van der Waals surface area contributed by atoms with E-state index >= 15 is 0 Å². The molecule has 3 unspecified atom stereocenters. The van der Waals surface area contributed by atoms with Crippen LogP contribution in [0, 0.1) is 11.8 Å². The summed E-state index contributed by atoms with van der Waals surface area (Å²) >= 11 is 0. The molecule has 6 nitrogen and oxygen atoms in total. The fourth-order valence-electron chi connectivity index (χ4n) is 2.90. The molecule has 98 valence electrons. The van der Waals surface area contributed by atoms with Gasteiger partial charge in [-0.1, -0.05) is 6.42 Å². The minimum atomic E-state index is -3.50. The quantitative estimate of drug-likeness (QED) is 0.590. The van der Waals surface area contributed by atoms with E-state index in [0.29, 0.717) is 11.8 Å². The fourth-order valence-corrected chi connectivity index (χ4v) is 3.29. The molecule has 1 aliphatic carbocycles. The molecule has 0 aromatic carbocycles. The molecule has 0 aromatic rings. The minimum Gasteiger partial charge on any atom is -0.354 e. The van der Waals surface area contributed by atoms with Crippen LogP contribution in [0.4, 0.5) is 0 Å². The van der Waals surface area contributed by atoms with Crippen molar-refractivity contribution in [2.24, 2.45) is 17.0 Å². The summed E-state index contributed by atoms with van der Waals surface area (Å²) in [4.78, 5) is 11.9. The number of rotatable bonds is 4. The van der Waals surface area contributed by atoms with Crippen LogP contribution in [0.1, 0.15) is 19.3 Å². The number of carbonyl (C=O) groups excluding carboxylic acids is 1. The number of nitrogens with one attached hydrogen (secondary N) is 2. The molecular formula is C10H19N3O3S. The van der Waals surface area contributed by atoms with E-state index < -0.39 is 10.0 Å². The van der Waals surface area contributed by atoms with Crippen molar-refractivity contribution in [1.29, 1.82) is 0 Å².